The molecule has 15 heavy (non-hydrogen) atoms. The van der Waals surface area contributed by atoms with Gasteiger partial charge in [0.05, 0.1) is 0 Å². The highest BCUT2D eigenvalue weighted by atomic mass is 15.2. The molecule has 2 atom stereocenters. The second-order valence-corrected chi connectivity index (χ2v) is 4.85. The molecule has 0 saturated heterocycles. The standard InChI is InChI=1S/C13H28N2/c1-3-5-11-15(4-2)13-10-8-6-7-9-12(13)14/h12-13H,3-11,14H2,1-2H3. The number of nitrogens with zero attached hydrogens (tertiary/aromatic N) is 1. The van der Waals surface area contributed by atoms with Crippen LogP contribution in [0.3, 0.4) is 0 Å². The maximum atomic E-state index is 6.29. The normalized spacial score (nSPS) is 28.0. The van der Waals surface area contributed by atoms with Gasteiger partial charge in [-0.2, -0.15) is 0 Å². The Morgan fingerprint density at radius 2 is 1.87 bits per heavy atom. The van der Waals surface area contributed by atoms with Crippen molar-refractivity contribution in [2.45, 2.75) is 70.9 Å². The van der Waals surface area contributed by atoms with Crippen molar-refractivity contribution in [2.75, 3.05) is 13.1 Å². The van der Waals surface area contributed by atoms with Gasteiger partial charge in [0.15, 0.2) is 0 Å². The van der Waals surface area contributed by atoms with E-state index in [1.165, 1.54) is 58.0 Å². The average Bonchev–Trinajstić information content (AvgIpc) is 2.45. The molecule has 0 heterocycles. The zero-order chi connectivity index (χ0) is 11.1. The maximum Gasteiger partial charge on any atom is 0.0247 e. The molecule has 2 heteroatoms. The molecule has 1 aliphatic rings. The lowest BCUT2D eigenvalue weighted by molar-refractivity contribution is 0.168. The van der Waals surface area contributed by atoms with Crippen LogP contribution in [-0.2, 0) is 0 Å². The first-order valence-corrected chi connectivity index (χ1v) is 6.79. The van der Waals surface area contributed by atoms with Crippen LogP contribution >= 0.6 is 0 Å². The fourth-order valence-corrected chi connectivity index (χ4v) is 2.69. The molecule has 90 valence electrons. The van der Waals surface area contributed by atoms with Crippen LogP contribution in [0, 0.1) is 0 Å². The highest BCUT2D eigenvalue weighted by Gasteiger charge is 2.24. The van der Waals surface area contributed by atoms with Crippen molar-refractivity contribution in [3.05, 3.63) is 0 Å². The van der Waals surface area contributed by atoms with Crippen LogP contribution in [0.25, 0.3) is 0 Å². The van der Waals surface area contributed by atoms with Gasteiger partial charge in [-0.25, -0.2) is 0 Å². The SMILES string of the molecule is CCCCN(CC)C1CCCCCC1N. The van der Waals surface area contributed by atoms with E-state index in [1.807, 2.05) is 0 Å². The van der Waals surface area contributed by atoms with Gasteiger partial charge in [0.25, 0.3) is 0 Å². The second-order valence-electron chi connectivity index (χ2n) is 4.85. The number of rotatable bonds is 5. The Bertz CT molecular complexity index is 159. The summed E-state index contributed by atoms with van der Waals surface area (Å²) < 4.78 is 0. The number of unbranched alkanes of at least 4 members (excludes halogenated alkanes) is 1. The summed E-state index contributed by atoms with van der Waals surface area (Å²) in [6.07, 6.45) is 9.25. The summed E-state index contributed by atoms with van der Waals surface area (Å²) in [7, 11) is 0. The zero-order valence-electron chi connectivity index (χ0n) is 10.5. The van der Waals surface area contributed by atoms with Gasteiger partial charge in [-0.1, -0.05) is 39.5 Å². The summed E-state index contributed by atoms with van der Waals surface area (Å²) in [6.45, 7) is 6.94. The summed E-state index contributed by atoms with van der Waals surface area (Å²) in [5, 5.41) is 0. The number of likely N-dealkylation sites (N-methyl/N-ethyl adjacent to an activating group) is 1. The van der Waals surface area contributed by atoms with E-state index < -0.39 is 0 Å². The molecule has 2 unspecified atom stereocenters. The van der Waals surface area contributed by atoms with Crippen LogP contribution in [0.2, 0.25) is 0 Å². The topological polar surface area (TPSA) is 29.3 Å². The van der Waals surface area contributed by atoms with E-state index in [0.717, 1.165) is 0 Å². The summed E-state index contributed by atoms with van der Waals surface area (Å²) in [6, 6.07) is 1.08. The third kappa shape index (κ3) is 4.12. The van der Waals surface area contributed by atoms with Crippen LogP contribution in [0.5, 0.6) is 0 Å². The monoisotopic (exact) mass is 212 g/mol. The van der Waals surface area contributed by atoms with Crippen molar-refractivity contribution in [3.8, 4) is 0 Å². The molecule has 0 amide bonds. The average molecular weight is 212 g/mol. The van der Waals surface area contributed by atoms with E-state index in [-0.39, 0.29) is 0 Å². The second kappa shape index (κ2) is 7.24. The highest BCUT2D eigenvalue weighted by Crippen LogP contribution is 2.21. The van der Waals surface area contributed by atoms with Gasteiger partial charge in [0, 0.05) is 12.1 Å². The highest BCUT2D eigenvalue weighted by molar-refractivity contribution is 4.84. The minimum Gasteiger partial charge on any atom is -0.326 e. The Kier molecular flexibility index (Phi) is 6.26. The molecule has 0 aliphatic heterocycles. The predicted molar refractivity (Wildman–Crippen MR) is 67.0 cm³/mol. The first kappa shape index (κ1) is 13.0. The molecule has 1 rings (SSSR count). The van der Waals surface area contributed by atoms with Gasteiger partial charge >= 0.3 is 0 Å². The van der Waals surface area contributed by atoms with Crippen molar-refractivity contribution in [1.82, 2.24) is 4.90 Å². The molecule has 1 aliphatic carbocycles. The van der Waals surface area contributed by atoms with Gasteiger partial charge in [0.1, 0.15) is 0 Å². The van der Waals surface area contributed by atoms with E-state index in [1.54, 1.807) is 0 Å². The summed E-state index contributed by atoms with van der Waals surface area (Å²) in [4.78, 5) is 2.61. The fraction of sp³-hybridized carbons (Fsp3) is 1.00. The maximum absolute atomic E-state index is 6.29. The number of hydrogen-bond donors (Lipinski definition) is 1. The van der Waals surface area contributed by atoms with Gasteiger partial charge in [-0.05, 0) is 32.4 Å². The fourth-order valence-electron chi connectivity index (χ4n) is 2.69. The van der Waals surface area contributed by atoms with Crippen LogP contribution < -0.4 is 5.73 Å². The number of nitrogens with two attached hydrogens (primary N) is 1. The van der Waals surface area contributed by atoms with Crippen molar-refractivity contribution in [1.29, 1.82) is 0 Å². The van der Waals surface area contributed by atoms with Crippen molar-refractivity contribution >= 4 is 0 Å². The lowest BCUT2D eigenvalue weighted by atomic mass is 10.0. The minimum atomic E-state index is 0.421. The van der Waals surface area contributed by atoms with E-state index >= 15 is 0 Å². The van der Waals surface area contributed by atoms with Gasteiger partial charge in [0.2, 0.25) is 0 Å². The van der Waals surface area contributed by atoms with Gasteiger partial charge in [-0.15, -0.1) is 0 Å². The molecule has 0 aromatic rings. The van der Waals surface area contributed by atoms with E-state index in [0.29, 0.717) is 12.1 Å². The van der Waals surface area contributed by atoms with Gasteiger partial charge < -0.3 is 5.73 Å². The van der Waals surface area contributed by atoms with Crippen molar-refractivity contribution < 1.29 is 0 Å². The molecule has 2 nitrogen and oxygen atoms in total. The van der Waals surface area contributed by atoms with Crippen LogP contribution in [0.15, 0.2) is 0 Å². The lowest BCUT2D eigenvalue weighted by Gasteiger charge is -2.33. The molecular weight excluding hydrogens is 184 g/mol. The Hall–Kier alpha value is -0.0800. The van der Waals surface area contributed by atoms with Crippen LogP contribution in [0.1, 0.15) is 58.8 Å². The molecule has 0 aromatic carbocycles. The van der Waals surface area contributed by atoms with E-state index in [4.69, 9.17) is 5.73 Å². The van der Waals surface area contributed by atoms with Crippen LogP contribution in [0.4, 0.5) is 0 Å². The van der Waals surface area contributed by atoms with E-state index in [2.05, 4.69) is 18.7 Å². The van der Waals surface area contributed by atoms with Crippen molar-refractivity contribution in [3.63, 3.8) is 0 Å². The Labute approximate surface area is 95.2 Å². The number of hydrogen-bond acceptors (Lipinski definition) is 2. The molecule has 2 N–H and O–H groups in total. The van der Waals surface area contributed by atoms with Gasteiger partial charge in [-0.3, -0.25) is 4.90 Å². The molecule has 1 saturated carbocycles. The molecule has 0 bridgehead atoms. The predicted octanol–water partition coefficient (Wildman–Crippen LogP) is 2.77. The third-order valence-corrected chi connectivity index (χ3v) is 3.71. The first-order chi connectivity index (χ1) is 7.29. The molecule has 0 radical (unpaired) electrons. The minimum absolute atomic E-state index is 0.421. The smallest absolute Gasteiger partial charge is 0.0247 e. The molecular formula is C13H28N2. The largest absolute Gasteiger partial charge is 0.326 e. The molecule has 0 aromatic heterocycles. The molecule has 1 fully saturated rings. The Balaban J connectivity index is 2.47. The van der Waals surface area contributed by atoms with Crippen molar-refractivity contribution in [2.24, 2.45) is 5.73 Å². The third-order valence-electron chi connectivity index (χ3n) is 3.71. The molecule has 0 spiro atoms. The Morgan fingerprint density at radius 3 is 2.53 bits per heavy atom. The quantitative estimate of drug-likeness (QED) is 0.710. The van der Waals surface area contributed by atoms with Crippen LogP contribution in [-0.4, -0.2) is 30.1 Å². The summed E-state index contributed by atoms with van der Waals surface area (Å²) in [5.41, 5.74) is 6.29. The lowest BCUT2D eigenvalue weighted by Crippen LogP contribution is -2.47. The summed E-state index contributed by atoms with van der Waals surface area (Å²) in [5.74, 6) is 0. The van der Waals surface area contributed by atoms with E-state index in [9.17, 15) is 0 Å². The zero-order valence-corrected chi connectivity index (χ0v) is 10.5. The Morgan fingerprint density at radius 1 is 1.13 bits per heavy atom. The summed E-state index contributed by atoms with van der Waals surface area (Å²) >= 11 is 0. The first-order valence-electron chi connectivity index (χ1n) is 6.79.